The Bertz CT molecular complexity index is 854. The van der Waals surface area contributed by atoms with Gasteiger partial charge in [0.25, 0.3) is 0 Å². The van der Waals surface area contributed by atoms with Crippen molar-refractivity contribution in [3.8, 4) is 0 Å². The van der Waals surface area contributed by atoms with E-state index < -0.39 is 11.4 Å². The molecule has 0 aromatic heterocycles. The first-order valence-corrected chi connectivity index (χ1v) is 14.6. The molecule has 1 aliphatic carbocycles. The van der Waals surface area contributed by atoms with Crippen molar-refractivity contribution in [1.82, 2.24) is 15.5 Å². The van der Waals surface area contributed by atoms with Crippen LogP contribution in [0.15, 0.2) is 18.2 Å². The van der Waals surface area contributed by atoms with Gasteiger partial charge in [0.1, 0.15) is 5.82 Å². The maximum Gasteiger partial charge on any atom is 0.317 e. The standard InChI is InChI=1S/C29H47ClFN3O3/c1-21(32-2)26(19-22-11-5-4-6-12-22)33-28(35)34-17-10-13-23(20-34)29(36,16-7-8-18-37-3)24-14-9-15-25(30)27(24)31/h9,14-15,21-23,26,32,36H,4-8,10-13,16-20H2,1-3H3,(H,33,35)/t21-,23-,26+,29-/m1/s1. The van der Waals surface area contributed by atoms with Gasteiger partial charge in [0, 0.05) is 50.4 Å². The molecule has 0 spiro atoms. The van der Waals surface area contributed by atoms with Gasteiger partial charge in [-0.2, -0.15) is 0 Å². The summed E-state index contributed by atoms with van der Waals surface area (Å²) in [7, 11) is 3.59. The van der Waals surface area contributed by atoms with Crippen molar-refractivity contribution in [2.24, 2.45) is 11.8 Å². The summed E-state index contributed by atoms with van der Waals surface area (Å²) < 4.78 is 20.4. The van der Waals surface area contributed by atoms with E-state index in [1.807, 2.05) is 11.9 Å². The zero-order valence-corrected chi connectivity index (χ0v) is 23.7. The molecule has 0 bridgehead atoms. The number of benzene rings is 1. The van der Waals surface area contributed by atoms with Crippen LogP contribution in [0, 0.1) is 17.7 Å². The zero-order chi connectivity index (χ0) is 26.8. The van der Waals surface area contributed by atoms with Crippen molar-refractivity contribution in [2.75, 3.05) is 33.9 Å². The summed E-state index contributed by atoms with van der Waals surface area (Å²) in [5, 5.41) is 18.7. The summed E-state index contributed by atoms with van der Waals surface area (Å²) in [6.07, 6.45) is 10.6. The third kappa shape index (κ3) is 8.04. The number of hydrogen-bond donors (Lipinski definition) is 3. The Balaban J connectivity index is 1.74. The van der Waals surface area contributed by atoms with E-state index in [9.17, 15) is 9.90 Å². The number of ether oxygens (including phenoxy) is 1. The van der Waals surface area contributed by atoms with E-state index in [-0.39, 0.29) is 34.6 Å². The fraction of sp³-hybridized carbons (Fsp3) is 0.759. The van der Waals surface area contributed by atoms with Crippen LogP contribution in [-0.4, -0.2) is 62.0 Å². The highest BCUT2D eigenvalue weighted by atomic mass is 35.5. The molecule has 4 atom stereocenters. The van der Waals surface area contributed by atoms with Crippen LogP contribution >= 0.6 is 11.6 Å². The van der Waals surface area contributed by atoms with Crippen LogP contribution in [0.1, 0.15) is 83.1 Å². The lowest BCUT2D eigenvalue weighted by Crippen LogP contribution is -2.56. The predicted molar refractivity (Wildman–Crippen MR) is 147 cm³/mol. The van der Waals surface area contributed by atoms with Gasteiger partial charge in [-0.15, -0.1) is 0 Å². The summed E-state index contributed by atoms with van der Waals surface area (Å²) >= 11 is 6.12. The van der Waals surface area contributed by atoms with Crippen molar-refractivity contribution in [1.29, 1.82) is 0 Å². The first-order chi connectivity index (χ1) is 17.8. The molecule has 3 N–H and O–H groups in total. The highest BCUT2D eigenvalue weighted by Gasteiger charge is 2.43. The minimum Gasteiger partial charge on any atom is -0.385 e. The lowest BCUT2D eigenvalue weighted by molar-refractivity contribution is -0.0588. The van der Waals surface area contributed by atoms with E-state index in [0.29, 0.717) is 38.5 Å². The number of carbonyl (C=O) groups is 1. The van der Waals surface area contributed by atoms with Crippen LogP contribution in [-0.2, 0) is 10.3 Å². The van der Waals surface area contributed by atoms with Crippen molar-refractivity contribution >= 4 is 17.6 Å². The number of urea groups is 1. The Kier molecular flexibility index (Phi) is 11.9. The molecule has 0 radical (unpaired) electrons. The number of methoxy groups -OCH3 is 1. The molecule has 0 unspecified atom stereocenters. The van der Waals surface area contributed by atoms with Gasteiger partial charge in [-0.25, -0.2) is 9.18 Å². The Morgan fingerprint density at radius 3 is 2.70 bits per heavy atom. The molecular formula is C29H47ClFN3O3. The number of carbonyl (C=O) groups excluding carboxylic acids is 1. The second kappa shape index (κ2) is 14.7. The number of rotatable bonds is 12. The molecule has 1 heterocycles. The molecule has 1 aliphatic heterocycles. The predicted octanol–water partition coefficient (Wildman–Crippen LogP) is 5.85. The minimum absolute atomic E-state index is 0.00447. The molecule has 37 heavy (non-hydrogen) atoms. The number of piperidine rings is 1. The molecular weight excluding hydrogens is 493 g/mol. The van der Waals surface area contributed by atoms with Gasteiger partial charge in [0.2, 0.25) is 0 Å². The van der Waals surface area contributed by atoms with E-state index in [1.54, 1.807) is 19.2 Å². The molecule has 1 aromatic carbocycles. The minimum atomic E-state index is -1.42. The molecule has 2 fully saturated rings. The van der Waals surface area contributed by atoms with Crippen LogP contribution < -0.4 is 10.6 Å². The lowest BCUT2D eigenvalue weighted by atomic mass is 9.74. The quantitative estimate of drug-likeness (QED) is 0.291. The smallest absolute Gasteiger partial charge is 0.317 e. The molecule has 1 aromatic rings. The summed E-state index contributed by atoms with van der Waals surface area (Å²) in [6.45, 7) is 3.71. The Labute approximate surface area is 227 Å². The summed E-state index contributed by atoms with van der Waals surface area (Å²) in [5.74, 6) is -0.219. The number of hydrogen-bond acceptors (Lipinski definition) is 4. The van der Waals surface area contributed by atoms with Crippen LogP contribution in [0.2, 0.25) is 5.02 Å². The van der Waals surface area contributed by atoms with E-state index in [4.69, 9.17) is 16.3 Å². The highest BCUT2D eigenvalue weighted by molar-refractivity contribution is 6.30. The molecule has 1 saturated heterocycles. The molecule has 6 nitrogen and oxygen atoms in total. The number of amides is 2. The molecule has 8 heteroatoms. The van der Waals surface area contributed by atoms with E-state index in [1.165, 1.54) is 38.2 Å². The molecule has 210 valence electrons. The van der Waals surface area contributed by atoms with Gasteiger partial charge < -0.3 is 25.4 Å². The molecule has 3 rings (SSSR count). The number of nitrogens with one attached hydrogen (secondary N) is 2. The van der Waals surface area contributed by atoms with Crippen LogP contribution in [0.4, 0.5) is 9.18 Å². The largest absolute Gasteiger partial charge is 0.385 e. The average Bonchev–Trinajstić information content (AvgIpc) is 2.92. The van der Waals surface area contributed by atoms with Gasteiger partial charge in [-0.1, -0.05) is 55.8 Å². The van der Waals surface area contributed by atoms with Gasteiger partial charge in [0.15, 0.2) is 0 Å². The van der Waals surface area contributed by atoms with Crippen molar-refractivity contribution < 1.29 is 19.0 Å². The number of nitrogens with zero attached hydrogens (tertiary/aromatic N) is 1. The molecule has 1 saturated carbocycles. The second-order valence-electron chi connectivity index (χ2n) is 11.1. The second-order valence-corrected chi connectivity index (χ2v) is 11.5. The molecule has 2 amide bonds. The van der Waals surface area contributed by atoms with Crippen molar-refractivity contribution in [3.63, 3.8) is 0 Å². The van der Waals surface area contributed by atoms with Crippen LogP contribution in [0.25, 0.3) is 0 Å². The Morgan fingerprint density at radius 1 is 1.24 bits per heavy atom. The number of likely N-dealkylation sites (tertiary alicyclic amines) is 1. The Morgan fingerprint density at radius 2 is 2.00 bits per heavy atom. The van der Waals surface area contributed by atoms with Gasteiger partial charge in [-0.05, 0) is 64.5 Å². The SMILES string of the molecule is CN[C@H](C)[C@H](CC1CCCCC1)NC(=O)N1CCC[C@@H]([C@](O)(CCCCOC)c2cccc(Cl)c2F)C1. The van der Waals surface area contributed by atoms with Crippen LogP contribution in [0.3, 0.4) is 0 Å². The van der Waals surface area contributed by atoms with E-state index >= 15 is 4.39 Å². The van der Waals surface area contributed by atoms with Gasteiger partial charge in [0.05, 0.1) is 10.6 Å². The highest BCUT2D eigenvalue weighted by Crippen LogP contribution is 2.42. The number of halogens is 2. The fourth-order valence-corrected chi connectivity index (χ4v) is 6.38. The normalized spacial score (nSPS) is 22.3. The number of aliphatic hydroxyl groups is 1. The maximum absolute atomic E-state index is 15.2. The number of likely N-dealkylation sites (N-methyl/N-ethyl adjacent to an activating group) is 1. The third-order valence-electron chi connectivity index (χ3n) is 8.64. The fourth-order valence-electron chi connectivity index (χ4n) is 6.21. The summed E-state index contributed by atoms with van der Waals surface area (Å²) in [4.78, 5) is 15.3. The monoisotopic (exact) mass is 539 g/mol. The van der Waals surface area contributed by atoms with Crippen molar-refractivity contribution in [3.05, 3.63) is 34.6 Å². The zero-order valence-electron chi connectivity index (χ0n) is 22.9. The molecule has 2 aliphatic rings. The first-order valence-electron chi connectivity index (χ1n) is 14.2. The lowest BCUT2D eigenvalue weighted by Gasteiger charge is -2.43. The Hall–Kier alpha value is -1.41. The van der Waals surface area contributed by atoms with E-state index in [2.05, 4.69) is 17.6 Å². The first kappa shape index (κ1) is 30.1. The van der Waals surface area contributed by atoms with Crippen molar-refractivity contribution in [2.45, 2.75) is 95.2 Å². The maximum atomic E-state index is 15.2. The summed E-state index contributed by atoms with van der Waals surface area (Å²) in [6, 6.07) is 4.92. The third-order valence-corrected chi connectivity index (χ3v) is 8.93. The van der Waals surface area contributed by atoms with Gasteiger partial charge >= 0.3 is 6.03 Å². The van der Waals surface area contributed by atoms with Gasteiger partial charge in [-0.3, -0.25) is 0 Å². The average molecular weight is 540 g/mol. The number of unbranched alkanes of at least 4 members (excludes halogenated alkanes) is 1. The summed E-state index contributed by atoms with van der Waals surface area (Å²) in [5.41, 5.74) is -1.19. The van der Waals surface area contributed by atoms with Crippen LogP contribution in [0.5, 0.6) is 0 Å². The topological polar surface area (TPSA) is 73.8 Å². The van der Waals surface area contributed by atoms with E-state index in [0.717, 1.165) is 25.7 Å².